The second-order valence-corrected chi connectivity index (χ2v) is 4.33. The third-order valence-corrected chi connectivity index (χ3v) is 3.80. The quantitative estimate of drug-likeness (QED) is 0.558. The van der Waals surface area contributed by atoms with E-state index in [1.807, 2.05) is 0 Å². The van der Waals surface area contributed by atoms with Crippen LogP contribution in [0.25, 0.3) is 0 Å². The highest BCUT2D eigenvalue weighted by Crippen LogP contribution is 2.60. The van der Waals surface area contributed by atoms with Crippen LogP contribution in [0.1, 0.15) is 25.7 Å². The van der Waals surface area contributed by atoms with Crippen molar-refractivity contribution in [1.29, 1.82) is 0 Å². The molecule has 0 aromatic carbocycles. The van der Waals surface area contributed by atoms with Gasteiger partial charge in [0, 0.05) is 25.1 Å². The molecule has 1 N–H and O–H groups in total. The second kappa shape index (κ2) is 1.80. The molecule has 0 bridgehead atoms. The molecule has 2 nitrogen and oxygen atoms in total. The van der Waals surface area contributed by atoms with E-state index in [0.717, 1.165) is 13.2 Å². The van der Waals surface area contributed by atoms with Gasteiger partial charge in [0.2, 0.25) is 0 Å². The Morgan fingerprint density at radius 2 is 2.00 bits per heavy atom. The molecule has 1 atom stereocenters. The topological polar surface area (TPSA) is 21.3 Å². The zero-order valence-corrected chi connectivity index (χ0v) is 6.86. The van der Waals surface area contributed by atoms with Crippen LogP contribution in [0.15, 0.2) is 0 Å². The lowest BCUT2D eigenvalue weighted by atomic mass is 9.85. The molecule has 11 heavy (non-hydrogen) atoms. The van der Waals surface area contributed by atoms with Crippen molar-refractivity contribution in [2.75, 3.05) is 19.7 Å². The zero-order valence-electron chi connectivity index (χ0n) is 6.86. The fraction of sp³-hybridized carbons (Fsp3) is 1.00. The molecule has 2 aliphatic heterocycles. The largest absolute Gasteiger partial charge is 0.373 e. The summed E-state index contributed by atoms with van der Waals surface area (Å²) in [5.41, 5.74) is 0.872. The minimum absolute atomic E-state index is 0.285. The average Bonchev–Trinajstić information content (AvgIpc) is 2.55. The number of hydrogen-bond donors (Lipinski definition) is 1. The number of rotatable bonds is 0. The number of fused-ring (bicyclic) bond motifs is 1. The van der Waals surface area contributed by atoms with Gasteiger partial charge in [0.1, 0.15) is 0 Å². The van der Waals surface area contributed by atoms with Crippen LogP contribution < -0.4 is 5.32 Å². The Kier molecular flexibility index (Phi) is 1.06. The summed E-state index contributed by atoms with van der Waals surface area (Å²) in [5.74, 6) is 0. The zero-order chi connectivity index (χ0) is 7.36. The van der Waals surface area contributed by atoms with E-state index in [1.165, 1.54) is 32.2 Å². The van der Waals surface area contributed by atoms with Crippen LogP contribution in [0.5, 0.6) is 0 Å². The molecule has 2 saturated heterocycles. The molecule has 3 rings (SSSR count). The maximum atomic E-state index is 5.92. The van der Waals surface area contributed by atoms with Gasteiger partial charge < -0.3 is 10.1 Å². The van der Waals surface area contributed by atoms with Crippen LogP contribution in [0.3, 0.4) is 0 Å². The molecule has 2 spiro atoms. The third-order valence-electron chi connectivity index (χ3n) is 3.80. The molecule has 3 aliphatic rings. The van der Waals surface area contributed by atoms with Gasteiger partial charge >= 0.3 is 0 Å². The van der Waals surface area contributed by atoms with Crippen molar-refractivity contribution in [3.63, 3.8) is 0 Å². The van der Waals surface area contributed by atoms with Crippen molar-refractivity contribution < 1.29 is 4.74 Å². The Labute approximate surface area is 67.3 Å². The highest BCUT2D eigenvalue weighted by molar-refractivity contribution is 5.16. The first-order valence-electron chi connectivity index (χ1n) is 4.72. The van der Waals surface area contributed by atoms with E-state index in [-0.39, 0.29) is 5.60 Å². The van der Waals surface area contributed by atoms with Crippen LogP contribution in [0.2, 0.25) is 0 Å². The molecule has 1 aliphatic carbocycles. The third kappa shape index (κ3) is 0.651. The fourth-order valence-corrected chi connectivity index (χ4v) is 2.89. The minimum Gasteiger partial charge on any atom is -0.373 e. The van der Waals surface area contributed by atoms with E-state index in [4.69, 9.17) is 4.74 Å². The van der Waals surface area contributed by atoms with Gasteiger partial charge in [-0.05, 0) is 25.7 Å². The molecule has 1 unspecified atom stereocenters. The molecule has 62 valence electrons. The molecule has 0 amide bonds. The summed E-state index contributed by atoms with van der Waals surface area (Å²) in [6.45, 7) is 3.34. The second-order valence-electron chi connectivity index (χ2n) is 4.33. The summed E-state index contributed by atoms with van der Waals surface area (Å²) < 4.78 is 5.92. The molecule has 0 aromatic heterocycles. The van der Waals surface area contributed by atoms with Gasteiger partial charge in [-0.25, -0.2) is 0 Å². The highest BCUT2D eigenvalue weighted by atomic mass is 16.5. The molecule has 3 fully saturated rings. The number of ether oxygens (including phenoxy) is 1. The van der Waals surface area contributed by atoms with Crippen molar-refractivity contribution in [2.24, 2.45) is 5.41 Å². The van der Waals surface area contributed by atoms with Crippen LogP contribution in [0.4, 0.5) is 0 Å². The van der Waals surface area contributed by atoms with E-state index in [1.54, 1.807) is 0 Å². The summed E-state index contributed by atoms with van der Waals surface area (Å²) in [7, 11) is 0. The summed E-state index contributed by atoms with van der Waals surface area (Å²) in [4.78, 5) is 0. The van der Waals surface area contributed by atoms with Gasteiger partial charge in [-0.3, -0.25) is 0 Å². The van der Waals surface area contributed by atoms with E-state index in [9.17, 15) is 0 Å². The predicted octanol–water partition coefficient (Wildman–Crippen LogP) is 0.919. The number of hydrogen-bond acceptors (Lipinski definition) is 2. The summed E-state index contributed by atoms with van der Waals surface area (Å²) >= 11 is 0. The average molecular weight is 153 g/mol. The van der Waals surface area contributed by atoms with Crippen LogP contribution >= 0.6 is 0 Å². The molecule has 2 heteroatoms. The Bertz CT molecular complexity index is 174. The monoisotopic (exact) mass is 153 g/mol. The van der Waals surface area contributed by atoms with Gasteiger partial charge in [-0.15, -0.1) is 0 Å². The first-order valence-corrected chi connectivity index (χ1v) is 4.72. The Morgan fingerprint density at radius 1 is 1.09 bits per heavy atom. The van der Waals surface area contributed by atoms with Gasteiger partial charge in [0.15, 0.2) is 0 Å². The number of nitrogens with one attached hydrogen (secondary N) is 1. The maximum Gasteiger partial charge on any atom is 0.0875 e. The standard InChI is InChI=1S/C9H15NO/c1-2-9(11-5-1)7-10-6-8(9)3-4-8/h10H,1-7H2. The Balaban J connectivity index is 1.94. The predicted molar refractivity (Wildman–Crippen MR) is 42.5 cm³/mol. The van der Waals surface area contributed by atoms with Gasteiger partial charge in [-0.2, -0.15) is 0 Å². The van der Waals surface area contributed by atoms with Gasteiger partial charge in [0.25, 0.3) is 0 Å². The Morgan fingerprint density at radius 3 is 2.64 bits per heavy atom. The first kappa shape index (κ1) is 6.44. The maximum absolute atomic E-state index is 5.92. The van der Waals surface area contributed by atoms with Crippen molar-refractivity contribution in [2.45, 2.75) is 31.3 Å². The normalized spacial score (nSPS) is 45.8. The van der Waals surface area contributed by atoms with E-state index in [0.29, 0.717) is 5.41 Å². The van der Waals surface area contributed by atoms with E-state index in [2.05, 4.69) is 5.32 Å². The summed E-state index contributed by atoms with van der Waals surface area (Å²) in [6.07, 6.45) is 5.39. The van der Waals surface area contributed by atoms with Crippen molar-refractivity contribution in [1.82, 2.24) is 5.32 Å². The lowest BCUT2D eigenvalue weighted by Crippen LogP contribution is -2.38. The van der Waals surface area contributed by atoms with Gasteiger partial charge in [0.05, 0.1) is 5.60 Å². The lowest BCUT2D eigenvalue weighted by molar-refractivity contribution is -0.0244. The summed E-state index contributed by atoms with van der Waals surface area (Å²) in [5, 5.41) is 3.48. The molecule has 0 radical (unpaired) electrons. The van der Waals surface area contributed by atoms with Crippen LogP contribution in [0, 0.1) is 5.41 Å². The smallest absolute Gasteiger partial charge is 0.0875 e. The lowest BCUT2D eigenvalue weighted by Gasteiger charge is -2.29. The van der Waals surface area contributed by atoms with Crippen molar-refractivity contribution in [3.8, 4) is 0 Å². The first-order chi connectivity index (χ1) is 5.37. The van der Waals surface area contributed by atoms with Crippen molar-refractivity contribution >= 4 is 0 Å². The van der Waals surface area contributed by atoms with E-state index < -0.39 is 0 Å². The minimum atomic E-state index is 0.285. The molecule has 0 aromatic rings. The summed E-state index contributed by atoms with van der Waals surface area (Å²) in [6, 6.07) is 0. The SMILES string of the molecule is C1COC2(C1)CNCC21CC1. The van der Waals surface area contributed by atoms with Crippen molar-refractivity contribution in [3.05, 3.63) is 0 Å². The Hall–Kier alpha value is -0.0800. The van der Waals surface area contributed by atoms with E-state index >= 15 is 0 Å². The van der Waals surface area contributed by atoms with Crippen LogP contribution in [-0.2, 0) is 4.74 Å². The molecule has 1 saturated carbocycles. The van der Waals surface area contributed by atoms with Crippen LogP contribution in [-0.4, -0.2) is 25.3 Å². The fourth-order valence-electron chi connectivity index (χ4n) is 2.89. The molecular formula is C9H15NO. The molecule has 2 heterocycles. The molecular weight excluding hydrogens is 138 g/mol. The van der Waals surface area contributed by atoms with Gasteiger partial charge in [-0.1, -0.05) is 0 Å². The highest BCUT2D eigenvalue weighted by Gasteiger charge is 2.63.